The van der Waals surface area contributed by atoms with Crippen LogP contribution in [0.1, 0.15) is 6.42 Å². The van der Waals surface area contributed by atoms with Gasteiger partial charge in [0.1, 0.15) is 11.0 Å². The number of fused-ring (bicyclic) bond motifs is 1. The van der Waals surface area contributed by atoms with Crippen LogP contribution in [0.25, 0.3) is 26.3 Å². The predicted octanol–water partition coefficient (Wildman–Crippen LogP) is 5.11. The van der Waals surface area contributed by atoms with Gasteiger partial charge in [-0.05, 0) is 56.4 Å². The van der Waals surface area contributed by atoms with Crippen LogP contribution in [0.4, 0.5) is 0 Å². The van der Waals surface area contributed by atoms with Gasteiger partial charge in [-0.25, -0.2) is 4.98 Å². The summed E-state index contributed by atoms with van der Waals surface area (Å²) >= 11 is 7.41. The second-order valence-corrected chi connectivity index (χ2v) is 9.08. The maximum atomic E-state index is 13.2. The summed E-state index contributed by atoms with van der Waals surface area (Å²) in [4.78, 5) is 20.8. The van der Waals surface area contributed by atoms with Crippen molar-refractivity contribution in [1.29, 1.82) is 0 Å². The molecular weight excluding hydrogens is 446 g/mol. The Morgan fingerprint density at radius 1 is 1.09 bits per heavy atom. The Morgan fingerprint density at radius 3 is 2.59 bits per heavy atom. The van der Waals surface area contributed by atoms with Crippen LogP contribution < -0.4 is 15.0 Å². The second kappa shape index (κ2) is 9.73. The lowest BCUT2D eigenvalue weighted by Gasteiger charge is -2.14. The Morgan fingerprint density at radius 2 is 1.88 bits per heavy atom. The van der Waals surface area contributed by atoms with Crippen molar-refractivity contribution in [3.05, 3.63) is 70.2 Å². The Labute approximate surface area is 195 Å². The number of halogens is 1. The summed E-state index contributed by atoms with van der Waals surface area (Å²) in [6.45, 7) is 1.53. The summed E-state index contributed by atoms with van der Waals surface area (Å²) in [6, 6.07) is 14.9. The van der Waals surface area contributed by atoms with Crippen molar-refractivity contribution >= 4 is 33.2 Å². The first kappa shape index (κ1) is 22.3. The maximum Gasteiger partial charge on any atom is 0.275 e. The molecule has 0 amide bonds. The zero-order chi connectivity index (χ0) is 22.7. The number of ether oxygens (including phenoxy) is 2. The molecule has 2 aromatic heterocycles. The average Bonchev–Trinajstić information content (AvgIpc) is 3.23. The third-order valence-corrected chi connectivity index (χ3v) is 6.41. The summed E-state index contributed by atoms with van der Waals surface area (Å²) in [5.41, 5.74) is 2.22. The Balaban J connectivity index is 1.63. The molecule has 2 heterocycles. The van der Waals surface area contributed by atoms with Crippen LogP contribution >= 0.6 is 22.9 Å². The molecule has 4 rings (SSSR count). The summed E-state index contributed by atoms with van der Waals surface area (Å²) in [7, 11) is 5.65. The van der Waals surface area contributed by atoms with Crippen LogP contribution in [0.2, 0.25) is 5.02 Å². The molecule has 32 heavy (non-hydrogen) atoms. The zero-order valence-corrected chi connectivity index (χ0v) is 19.7. The predicted molar refractivity (Wildman–Crippen MR) is 131 cm³/mol. The molecule has 0 saturated heterocycles. The van der Waals surface area contributed by atoms with Gasteiger partial charge in [-0.1, -0.05) is 23.7 Å². The highest BCUT2D eigenvalue weighted by atomic mass is 35.5. The van der Waals surface area contributed by atoms with E-state index < -0.39 is 0 Å². The van der Waals surface area contributed by atoms with Gasteiger partial charge in [0.15, 0.2) is 11.5 Å². The van der Waals surface area contributed by atoms with Gasteiger partial charge >= 0.3 is 0 Å². The lowest BCUT2D eigenvalue weighted by molar-refractivity contribution is 0.268. The van der Waals surface area contributed by atoms with Crippen LogP contribution in [0, 0.1) is 0 Å². The van der Waals surface area contributed by atoms with Crippen molar-refractivity contribution < 1.29 is 9.47 Å². The van der Waals surface area contributed by atoms with Crippen molar-refractivity contribution in [2.45, 2.75) is 6.42 Å². The monoisotopic (exact) mass is 469 g/mol. The van der Waals surface area contributed by atoms with Gasteiger partial charge in [0, 0.05) is 22.5 Å². The van der Waals surface area contributed by atoms with Gasteiger partial charge in [-0.3, -0.25) is 9.36 Å². The van der Waals surface area contributed by atoms with Crippen molar-refractivity contribution in [2.24, 2.45) is 0 Å². The van der Waals surface area contributed by atoms with Gasteiger partial charge in [0.25, 0.3) is 5.56 Å². The highest BCUT2D eigenvalue weighted by Gasteiger charge is 2.13. The Bertz CT molecular complexity index is 1280. The zero-order valence-electron chi connectivity index (χ0n) is 18.2. The highest BCUT2D eigenvalue weighted by molar-refractivity contribution is 7.22. The molecule has 0 N–H and O–H groups in total. The van der Waals surface area contributed by atoms with E-state index >= 15 is 0 Å². The minimum Gasteiger partial charge on any atom is -0.493 e. The minimum atomic E-state index is -0.123. The fourth-order valence-electron chi connectivity index (χ4n) is 3.34. The van der Waals surface area contributed by atoms with E-state index in [2.05, 4.69) is 9.88 Å². The molecule has 0 aliphatic rings. The van der Waals surface area contributed by atoms with Gasteiger partial charge in [0.05, 0.1) is 24.9 Å². The molecule has 0 unspecified atom stereocenters. The second-order valence-electron chi connectivity index (χ2n) is 7.59. The van der Waals surface area contributed by atoms with Crippen LogP contribution in [-0.4, -0.2) is 48.8 Å². The molecule has 2 aromatic carbocycles. The van der Waals surface area contributed by atoms with Gasteiger partial charge < -0.3 is 14.4 Å². The van der Waals surface area contributed by atoms with E-state index in [0.29, 0.717) is 39.0 Å². The number of nitrogens with zero attached hydrogens (tertiary/aromatic N) is 3. The lowest BCUT2D eigenvalue weighted by Crippen LogP contribution is -2.18. The first-order chi connectivity index (χ1) is 15.5. The standard InChI is InChI=1S/C24H24ClN3O3S/c1-27(2)11-4-12-31-20-10-9-18(13-21(20)30-3)28-15-26-19-14-22(32-23(19)24(28)29)16-5-7-17(25)8-6-16/h5-10,13-15H,4,11-12H2,1-3H3. The summed E-state index contributed by atoms with van der Waals surface area (Å²) < 4.78 is 13.5. The molecule has 166 valence electrons. The number of benzene rings is 2. The molecular formula is C24H24ClN3O3S. The largest absolute Gasteiger partial charge is 0.493 e. The van der Waals surface area contributed by atoms with Gasteiger partial charge in [-0.15, -0.1) is 11.3 Å². The van der Waals surface area contributed by atoms with E-state index in [1.807, 2.05) is 56.6 Å². The van der Waals surface area contributed by atoms with Gasteiger partial charge in [0.2, 0.25) is 0 Å². The highest BCUT2D eigenvalue weighted by Crippen LogP contribution is 2.33. The molecule has 4 aromatic rings. The van der Waals surface area contributed by atoms with E-state index in [9.17, 15) is 4.79 Å². The van der Waals surface area contributed by atoms with E-state index in [-0.39, 0.29) is 5.56 Å². The van der Waals surface area contributed by atoms with Crippen LogP contribution in [0.5, 0.6) is 11.5 Å². The molecule has 0 aliphatic heterocycles. The Hall–Kier alpha value is -2.87. The van der Waals surface area contributed by atoms with Gasteiger partial charge in [-0.2, -0.15) is 0 Å². The number of hydrogen-bond acceptors (Lipinski definition) is 6. The molecule has 0 aliphatic carbocycles. The average molecular weight is 470 g/mol. The molecule has 0 atom stereocenters. The topological polar surface area (TPSA) is 56.6 Å². The van der Waals surface area contributed by atoms with Crippen molar-refractivity contribution in [3.63, 3.8) is 0 Å². The number of aromatic nitrogens is 2. The lowest BCUT2D eigenvalue weighted by atomic mass is 10.2. The normalized spacial score (nSPS) is 11.3. The molecule has 8 heteroatoms. The van der Waals surface area contributed by atoms with Crippen LogP contribution in [0.15, 0.2) is 59.7 Å². The minimum absolute atomic E-state index is 0.123. The fourth-order valence-corrected chi connectivity index (χ4v) is 4.51. The van der Waals surface area contributed by atoms with E-state index in [4.69, 9.17) is 21.1 Å². The molecule has 6 nitrogen and oxygen atoms in total. The maximum absolute atomic E-state index is 13.2. The molecule has 0 fully saturated rings. The summed E-state index contributed by atoms with van der Waals surface area (Å²) in [5.74, 6) is 1.23. The van der Waals surface area contributed by atoms with E-state index in [1.54, 1.807) is 19.5 Å². The first-order valence-electron chi connectivity index (χ1n) is 10.2. The Kier molecular flexibility index (Phi) is 6.79. The SMILES string of the molecule is COc1cc(-n2cnc3cc(-c4ccc(Cl)cc4)sc3c2=O)ccc1OCCCN(C)C. The molecule has 0 radical (unpaired) electrons. The number of thiophene rings is 1. The molecule has 0 spiro atoms. The van der Waals surface area contributed by atoms with Crippen molar-refractivity contribution in [1.82, 2.24) is 14.5 Å². The van der Waals surface area contributed by atoms with Crippen molar-refractivity contribution in [2.75, 3.05) is 34.4 Å². The number of rotatable bonds is 8. The first-order valence-corrected chi connectivity index (χ1v) is 11.4. The fraction of sp³-hybridized carbons (Fsp3) is 0.250. The van der Waals surface area contributed by atoms with Crippen LogP contribution in [0.3, 0.4) is 0 Å². The smallest absolute Gasteiger partial charge is 0.275 e. The summed E-state index contributed by atoms with van der Waals surface area (Å²) in [5, 5.41) is 0.675. The third-order valence-electron chi connectivity index (χ3n) is 5.00. The molecule has 0 bridgehead atoms. The quantitative estimate of drug-likeness (QED) is 0.336. The molecule has 0 saturated carbocycles. The number of hydrogen-bond donors (Lipinski definition) is 0. The van der Waals surface area contributed by atoms with E-state index in [1.165, 1.54) is 15.9 Å². The summed E-state index contributed by atoms with van der Waals surface area (Å²) in [6.07, 6.45) is 2.46. The number of methoxy groups -OCH3 is 1. The van der Waals surface area contributed by atoms with Crippen molar-refractivity contribution in [3.8, 4) is 27.6 Å². The van der Waals surface area contributed by atoms with E-state index in [0.717, 1.165) is 23.4 Å². The third kappa shape index (κ3) is 4.80. The van der Waals surface area contributed by atoms with Crippen LogP contribution in [-0.2, 0) is 0 Å².